The van der Waals surface area contributed by atoms with Gasteiger partial charge in [0.05, 0.1) is 21.7 Å². The Kier molecular flexibility index (Phi) is 22.0. The number of piperazine rings is 2. The number of sulfone groups is 1. The molecule has 0 bridgehead atoms. The maximum atomic E-state index is 14.5. The lowest BCUT2D eigenvalue weighted by molar-refractivity contribution is -0.136. The molecule has 9 rings (SSSR count). The maximum Gasteiger partial charge on any atom is 0.501 e. The van der Waals surface area contributed by atoms with Crippen LogP contribution in [0.3, 0.4) is 0 Å². The molecule has 4 aliphatic heterocycles. The Morgan fingerprint density at radius 2 is 1.43 bits per heavy atom. The van der Waals surface area contributed by atoms with Crippen LogP contribution in [-0.4, -0.2) is 174 Å². The molecule has 4 aromatic carbocycles. The quantitative estimate of drug-likeness (QED) is 0.0144. The molecule has 3 saturated heterocycles. The Labute approximate surface area is 521 Å². The molecule has 5 aliphatic rings. The molecule has 0 aromatic heterocycles. The number of amides is 5. The van der Waals surface area contributed by atoms with Crippen LogP contribution in [0.15, 0.2) is 117 Å². The lowest BCUT2D eigenvalue weighted by atomic mass is 9.73. The third-order valence-electron chi connectivity index (χ3n) is 17.3. The number of carbonyl (C=O) groups excluding carboxylic acids is 5. The van der Waals surface area contributed by atoms with Crippen molar-refractivity contribution in [1.82, 2.24) is 29.6 Å². The van der Waals surface area contributed by atoms with Crippen LogP contribution in [0.25, 0.3) is 0 Å². The second-order valence-corrected chi connectivity index (χ2v) is 29.0. The Hall–Kier alpha value is -6.45. The summed E-state index contributed by atoms with van der Waals surface area (Å²) in [4.78, 5) is 72.6. The van der Waals surface area contributed by atoms with Crippen LogP contribution in [0, 0.1) is 5.41 Å². The first-order valence-corrected chi connectivity index (χ1v) is 34.4. The van der Waals surface area contributed by atoms with E-state index in [9.17, 15) is 62.8 Å². The summed E-state index contributed by atoms with van der Waals surface area (Å²) in [5.41, 5.74) is -1.66. The van der Waals surface area contributed by atoms with Crippen molar-refractivity contribution in [3.8, 4) is 0 Å². The van der Waals surface area contributed by atoms with E-state index in [0.29, 0.717) is 76.0 Å². The molecule has 3 fully saturated rings. The number of rotatable bonds is 27. The predicted molar refractivity (Wildman–Crippen MR) is 331 cm³/mol. The van der Waals surface area contributed by atoms with E-state index in [1.54, 1.807) is 30.3 Å². The Bertz CT molecular complexity index is 3470. The molecule has 1 unspecified atom stereocenters. The minimum Gasteiger partial charge on any atom is -0.385 e. The van der Waals surface area contributed by atoms with Gasteiger partial charge in [-0.3, -0.25) is 39.1 Å². The van der Waals surface area contributed by atoms with E-state index in [-0.39, 0.29) is 41.4 Å². The molecule has 26 heteroatoms. The molecule has 0 spiro atoms. The number of allylic oxidation sites excluding steroid dienone is 1. The van der Waals surface area contributed by atoms with Crippen LogP contribution in [0.2, 0.25) is 0 Å². The summed E-state index contributed by atoms with van der Waals surface area (Å²) in [5.74, 6) is -3.00. The molecule has 4 heterocycles. The average Bonchev–Trinajstić information content (AvgIpc) is 1.80. The number of anilines is 3. The van der Waals surface area contributed by atoms with E-state index < -0.39 is 88.9 Å². The van der Waals surface area contributed by atoms with Crippen LogP contribution < -0.4 is 25.6 Å². The second-order valence-electron chi connectivity index (χ2n) is 24.3. The summed E-state index contributed by atoms with van der Waals surface area (Å²) >= 11 is 1.43. The first-order valence-electron chi connectivity index (χ1n) is 30.4. The lowest BCUT2D eigenvalue weighted by Gasteiger charge is -2.39. The zero-order chi connectivity index (χ0) is 63.7. The highest BCUT2D eigenvalue weighted by atomic mass is 32.2. The highest BCUT2D eigenvalue weighted by Gasteiger charge is 2.49. The summed E-state index contributed by atoms with van der Waals surface area (Å²) in [5, 5.41) is 8.55. The number of halogens is 5. The number of thioether (sulfide) groups is 1. The molecule has 4 aromatic rings. The van der Waals surface area contributed by atoms with Crippen LogP contribution in [-0.2, 0) is 29.4 Å². The number of imide groups is 2. The van der Waals surface area contributed by atoms with E-state index in [1.807, 2.05) is 35.1 Å². The van der Waals surface area contributed by atoms with Gasteiger partial charge in [-0.1, -0.05) is 49.6 Å². The van der Waals surface area contributed by atoms with Gasteiger partial charge in [-0.2, -0.15) is 13.2 Å². The van der Waals surface area contributed by atoms with E-state index in [4.69, 9.17) is 0 Å². The Morgan fingerprint density at radius 3 is 2.11 bits per heavy atom. The van der Waals surface area contributed by atoms with Crippen molar-refractivity contribution in [1.29, 1.82) is 0 Å². The number of fused-ring (bicyclic) bond motifs is 1. The van der Waals surface area contributed by atoms with Crippen molar-refractivity contribution in [3.63, 3.8) is 0 Å². The Morgan fingerprint density at radius 1 is 0.742 bits per heavy atom. The number of carbonyl (C=O) groups is 5. The SMILES string of the molecule is CC1(C)CCC(CN2CCN(c3ccc(C(=O)NS(=O)(=O)c4ccc(N[C@H](CCN5CCN(CCCCCNc6ccc7c(c6)C(=O)N(C6CCC(=O)NC6=O)C7=O)CC5)CSc5ccccc5)c(S(=O)(=O)C(F)(F)F)c4)cc3)CC2)=C(CCCC(F)F)C1. The fourth-order valence-corrected chi connectivity index (χ4v) is 15.2. The Balaban J connectivity index is 0.760. The largest absolute Gasteiger partial charge is 0.501 e. The van der Waals surface area contributed by atoms with E-state index >= 15 is 0 Å². The number of hydrogen-bond donors (Lipinski definition) is 4. The van der Waals surface area contributed by atoms with Gasteiger partial charge in [0.15, 0.2) is 0 Å². The number of unbranched alkanes of at least 4 members (excludes halogenated alkanes) is 2. The first-order chi connectivity index (χ1) is 42.3. The number of piperidine rings is 1. The van der Waals surface area contributed by atoms with Gasteiger partial charge in [-0.05, 0) is 143 Å². The van der Waals surface area contributed by atoms with E-state index in [2.05, 4.69) is 49.4 Å². The zero-order valence-corrected chi connectivity index (χ0v) is 52.5. The topological polar surface area (TPSA) is 218 Å². The molecule has 5 amide bonds. The second kappa shape index (κ2) is 29.2. The normalized spacial score (nSPS) is 19.4. The molecular formula is C63H78F5N9O9S3. The third-order valence-corrected chi connectivity index (χ3v) is 21.3. The number of nitrogens with zero attached hydrogens (tertiary/aromatic N) is 5. The van der Waals surface area contributed by atoms with Crippen molar-refractivity contribution in [2.75, 3.05) is 99.8 Å². The fraction of sp³-hybridized carbons (Fsp3) is 0.508. The smallest absolute Gasteiger partial charge is 0.385 e. The zero-order valence-electron chi connectivity index (χ0n) is 50.1. The minimum absolute atomic E-state index is 0.0356. The fourth-order valence-electron chi connectivity index (χ4n) is 12.2. The van der Waals surface area contributed by atoms with Crippen LogP contribution in [0.1, 0.15) is 122 Å². The van der Waals surface area contributed by atoms with Gasteiger partial charge in [0.2, 0.25) is 18.2 Å². The number of alkyl halides is 5. The predicted octanol–water partition coefficient (Wildman–Crippen LogP) is 9.43. The van der Waals surface area contributed by atoms with Gasteiger partial charge in [0, 0.05) is 118 Å². The monoisotopic (exact) mass is 1300 g/mol. The molecule has 18 nitrogen and oxygen atoms in total. The molecule has 89 heavy (non-hydrogen) atoms. The third kappa shape index (κ3) is 17.3. The van der Waals surface area contributed by atoms with Gasteiger partial charge in [0.25, 0.3) is 37.6 Å². The number of benzene rings is 4. The van der Waals surface area contributed by atoms with Crippen molar-refractivity contribution in [2.45, 2.75) is 130 Å². The van der Waals surface area contributed by atoms with Gasteiger partial charge >= 0.3 is 5.51 Å². The molecular weight excluding hydrogens is 1220 g/mol. The number of nitrogens with one attached hydrogen (secondary N) is 4. The van der Waals surface area contributed by atoms with E-state index in [0.717, 1.165) is 105 Å². The summed E-state index contributed by atoms with van der Waals surface area (Å²) < 4.78 is 125. The van der Waals surface area contributed by atoms with Crippen LogP contribution in [0.5, 0.6) is 0 Å². The van der Waals surface area contributed by atoms with Crippen molar-refractivity contribution in [3.05, 3.63) is 119 Å². The van der Waals surface area contributed by atoms with Gasteiger partial charge in [-0.25, -0.2) is 30.3 Å². The van der Waals surface area contributed by atoms with Crippen LogP contribution >= 0.6 is 11.8 Å². The molecule has 0 saturated carbocycles. The van der Waals surface area contributed by atoms with Gasteiger partial charge in [-0.15, -0.1) is 11.8 Å². The highest BCUT2D eigenvalue weighted by Crippen LogP contribution is 2.42. The van der Waals surface area contributed by atoms with Crippen molar-refractivity contribution >= 4 is 78.2 Å². The molecule has 4 N–H and O–H groups in total. The molecule has 1 aliphatic carbocycles. The summed E-state index contributed by atoms with van der Waals surface area (Å²) in [6.45, 7) is 13.0. The summed E-state index contributed by atoms with van der Waals surface area (Å²) in [6.07, 6.45) is 4.77. The number of hydrogen-bond acceptors (Lipinski definition) is 16. The summed E-state index contributed by atoms with van der Waals surface area (Å²) in [7, 11) is -11.1. The maximum absolute atomic E-state index is 14.5. The van der Waals surface area contributed by atoms with Crippen molar-refractivity contribution in [2.24, 2.45) is 5.41 Å². The standard InChI is InChI=1S/C63H78F5N9O9S3/c1-62(2)26-24-45(44(40-62)10-9-13-56(64)65)41-75-34-36-76(37-35-75)48-17-14-43(15-18-48)58(79)72-89(85,86)50-19-21-53(55(39-50)88(83,84)63(66,67)68)70-47(42-87-49-11-5-3-6-12-49)25-29-74-32-30-73(31-33-74)28-8-4-7-27-69-46-16-20-51-52(38-46)61(82)77(60(51)81)54-22-23-57(78)71-59(54)80/h3,5-6,11-12,14-21,38-39,47,54,56,69-70H,4,7-10,13,22-37,40-42H2,1-2H3,(H,72,79)(H,71,78,80)/t47-,54?/m1/s1. The van der Waals surface area contributed by atoms with Gasteiger partial charge in [0.1, 0.15) is 10.9 Å². The minimum atomic E-state index is -6.14. The van der Waals surface area contributed by atoms with E-state index in [1.165, 1.54) is 35.0 Å². The summed E-state index contributed by atoms with van der Waals surface area (Å²) in [6, 6.07) is 21.2. The average molecular weight is 1300 g/mol. The van der Waals surface area contributed by atoms with Crippen molar-refractivity contribution < 1.29 is 62.8 Å². The highest BCUT2D eigenvalue weighted by molar-refractivity contribution is 7.99. The first kappa shape index (κ1) is 67.0. The molecule has 2 atom stereocenters. The lowest BCUT2D eigenvalue weighted by Crippen LogP contribution is -2.54. The molecule has 0 radical (unpaired) electrons. The van der Waals surface area contributed by atoms with Gasteiger partial charge < -0.3 is 25.3 Å². The molecule has 482 valence electrons. The number of sulfonamides is 1. The van der Waals surface area contributed by atoms with Crippen LogP contribution in [0.4, 0.5) is 39.0 Å².